The molecule has 1 unspecified atom stereocenters. The predicted octanol–water partition coefficient (Wildman–Crippen LogP) is 1.85. The lowest BCUT2D eigenvalue weighted by Crippen LogP contribution is -2.52. The first kappa shape index (κ1) is 16.3. The number of carboxylic acids is 1. The maximum atomic E-state index is 12.9. The van der Waals surface area contributed by atoms with Gasteiger partial charge in [-0.1, -0.05) is 6.92 Å². The fourth-order valence-corrected chi connectivity index (χ4v) is 3.82. The van der Waals surface area contributed by atoms with E-state index >= 15 is 0 Å². The van der Waals surface area contributed by atoms with E-state index in [0.717, 1.165) is 45.1 Å². The van der Waals surface area contributed by atoms with Gasteiger partial charge in [-0.15, -0.1) is 0 Å². The van der Waals surface area contributed by atoms with E-state index in [2.05, 4.69) is 6.92 Å². The van der Waals surface area contributed by atoms with Gasteiger partial charge >= 0.3 is 5.97 Å². The molecule has 2 rings (SSSR count). The zero-order valence-corrected chi connectivity index (χ0v) is 13.0. The molecule has 1 heterocycles. The summed E-state index contributed by atoms with van der Waals surface area (Å²) in [7, 11) is 0. The number of likely N-dealkylation sites (tertiary alicyclic amines) is 1. The van der Waals surface area contributed by atoms with E-state index < -0.39 is 11.4 Å². The molecule has 5 heteroatoms. The van der Waals surface area contributed by atoms with Crippen molar-refractivity contribution < 1.29 is 14.7 Å². The highest BCUT2D eigenvalue weighted by molar-refractivity contribution is 5.83. The summed E-state index contributed by atoms with van der Waals surface area (Å²) in [6, 6.07) is 0. The summed E-state index contributed by atoms with van der Waals surface area (Å²) < 4.78 is 0. The Morgan fingerprint density at radius 2 is 1.95 bits per heavy atom. The Kier molecular flexibility index (Phi) is 5.25. The van der Waals surface area contributed by atoms with Gasteiger partial charge in [0.2, 0.25) is 5.91 Å². The van der Waals surface area contributed by atoms with E-state index in [1.807, 2.05) is 4.90 Å². The number of piperidine rings is 1. The lowest BCUT2D eigenvalue weighted by atomic mass is 9.69. The number of carbonyl (C=O) groups excluding carboxylic acids is 1. The molecule has 1 atom stereocenters. The summed E-state index contributed by atoms with van der Waals surface area (Å²) in [6.07, 6.45) is 5.86. The van der Waals surface area contributed by atoms with Crippen molar-refractivity contribution in [2.24, 2.45) is 23.0 Å². The number of rotatable bonds is 4. The van der Waals surface area contributed by atoms with Gasteiger partial charge in [-0.05, 0) is 50.4 Å². The van der Waals surface area contributed by atoms with Crippen LogP contribution in [-0.2, 0) is 9.59 Å². The van der Waals surface area contributed by atoms with E-state index in [1.54, 1.807) is 0 Å². The van der Waals surface area contributed by atoms with Crippen molar-refractivity contribution in [1.29, 1.82) is 0 Å². The van der Waals surface area contributed by atoms with E-state index in [1.165, 1.54) is 0 Å². The molecular weight excluding hydrogens is 268 g/mol. The smallest absolute Gasteiger partial charge is 0.303 e. The molecular formula is C16H28N2O3. The highest BCUT2D eigenvalue weighted by atomic mass is 16.4. The summed E-state index contributed by atoms with van der Waals surface area (Å²) >= 11 is 0. The average Bonchev–Trinajstić information content (AvgIpc) is 2.47. The fourth-order valence-electron chi connectivity index (χ4n) is 3.82. The number of nitrogens with zero attached hydrogens (tertiary/aromatic N) is 1. The third-order valence-corrected chi connectivity index (χ3v) is 5.35. The number of amides is 1. The maximum absolute atomic E-state index is 12.9. The standard InChI is InChI=1S/C16H28N2O3/c1-12-4-6-16(11-17,7-5-12)15(21)18-8-2-3-13(10-18)9-14(19)20/h12-13H,2-11,17H2,1H3,(H,19,20). The lowest BCUT2D eigenvalue weighted by molar-refractivity contribution is -0.148. The van der Waals surface area contributed by atoms with Gasteiger partial charge in [0.05, 0.1) is 5.41 Å². The molecule has 0 aromatic rings. The van der Waals surface area contributed by atoms with Crippen molar-refractivity contribution in [1.82, 2.24) is 4.90 Å². The summed E-state index contributed by atoms with van der Waals surface area (Å²) in [6.45, 7) is 3.99. The summed E-state index contributed by atoms with van der Waals surface area (Å²) in [5.74, 6) is 0.178. The maximum Gasteiger partial charge on any atom is 0.303 e. The largest absolute Gasteiger partial charge is 0.481 e. The Hall–Kier alpha value is -1.10. The van der Waals surface area contributed by atoms with Crippen LogP contribution in [0, 0.1) is 17.3 Å². The zero-order chi connectivity index (χ0) is 15.5. The second-order valence-corrected chi connectivity index (χ2v) is 7.02. The minimum atomic E-state index is -0.769. The molecule has 120 valence electrons. The molecule has 1 aliphatic heterocycles. The Morgan fingerprint density at radius 1 is 1.29 bits per heavy atom. The molecule has 3 N–H and O–H groups in total. The topological polar surface area (TPSA) is 83.6 Å². The molecule has 21 heavy (non-hydrogen) atoms. The Bertz CT molecular complexity index is 389. The zero-order valence-electron chi connectivity index (χ0n) is 13.0. The summed E-state index contributed by atoms with van der Waals surface area (Å²) in [5, 5.41) is 8.94. The van der Waals surface area contributed by atoms with Gasteiger partial charge in [-0.3, -0.25) is 9.59 Å². The molecule has 1 saturated heterocycles. The van der Waals surface area contributed by atoms with Gasteiger partial charge < -0.3 is 15.7 Å². The Balaban J connectivity index is 2.02. The first-order valence-electron chi connectivity index (χ1n) is 8.18. The normalized spacial score (nSPS) is 33.7. The van der Waals surface area contributed by atoms with Crippen LogP contribution in [-0.4, -0.2) is 41.5 Å². The van der Waals surface area contributed by atoms with Crippen LogP contribution in [0.3, 0.4) is 0 Å². The average molecular weight is 296 g/mol. The molecule has 2 fully saturated rings. The number of carbonyl (C=O) groups is 2. The van der Waals surface area contributed by atoms with Gasteiger partial charge in [0, 0.05) is 26.1 Å². The molecule has 1 amide bonds. The van der Waals surface area contributed by atoms with Crippen LogP contribution in [0.2, 0.25) is 0 Å². The van der Waals surface area contributed by atoms with Crippen molar-refractivity contribution in [3.8, 4) is 0 Å². The van der Waals surface area contributed by atoms with Crippen LogP contribution < -0.4 is 5.73 Å². The van der Waals surface area contributed by atoms with Crippen molar-refractivity contribution in [2.45, 2.75) is 51.9 Å². The lowest BCUT2D eigenvalue weighted by Gasteiger charge is -2.43. The van der Waals surface area contributed by atoms with E-state index in [-0.39, 0.29) is 18.2 Å². The predicted molar refractivity (Wildman–Crippen MR) is 80.7 cm³/mol. The quantitative estimate of drug-likeness (QED) is 0.829. The summed E-state index contributed by atoms with van der Waals surface area (Å²) in [5.41, 5.74) is 5.57. The Morgan fingerprint density at radius 3 is 2.52 bits per heavy atom. The molecule has 5 nitrogen and oxygen atoms in total. The van der Waals surface area contributed by atoms with Crippen LogP contribution in [0.15, 0.2) is 0 Å². The minimum absolute atomic E-state index is 0.0949. The van der Waals surface area contributed by atoms with E-state index in [4.69, 9.17) is 10.8 Å². The first-order valence-corrected chi connectivity index (χ1v) is 8.18. The van der Waals surface area contributed by atoms with Gasteiger partial charge in [0.15, 0.2) is 0 Å². The van der Waals surface area contributed by atoms with Crippen LogP contribution in [0.25, 0.3) is 0 Å². The van der Waals surface area contributed by atoms with Crippen LogP contribution >= 0.6 is 0 Å². The van der Waals surface area contributed by atoms with Crippen molar-refractivity contribution in [2.75, 3.05) is 19.6 Å². The number of nitrogens with two attached hydrogens (primary N) is 1. The molecule has 0 aromatic heterocycles. The fraction of sp³-hybridized carbons (Fsp3) is 0.875. The van der Waals surface area contributed by atoms with E-state index in [0.29, 0.717) is 19.0 Å². The molecule has 1 saturated carbocycles. The highest BCUT2D eigenvalue weighted by Gasteiger charge is 2.43. The van der Waals surface area contributed by atoms with Crippen molar-refractivity contribution >= 4 is 11.9 Å². The van der Waals surface area contributed by atoms with Crippen LogP contribution in [0.1, 0.15) is 51.9 Å². The molecule has 2 aliphatic rings. The number of carboxylic acid groups (broad SMARTS) is 1. The molecule has 0 spiro atoms. The molecule has 1 aliphatic carbocycles. The van der Waals surface area contributed by atoms with Gasteiger partial charge in [0.25, 0.3) is 0 Å². The highest BCUT2D eigenvalue weighted by Crippen LogP contribution is 2.40. The second kappa shape index (κ2) is 6.77. The molecule has 0 bridgehead atoms. The van der Waals surface area contributed by atoms with Gasteiger partial charge in [-0.25, -0.2) is 0 Å². The minimum Gasteiger partial charge on any atom is -0.481 e. The monoisotopic (exact) mass is 296 g/mol. The number of hydrogen-bond donors (Lipinski definition) is 2. The first-order chi connectivity index (χ1) is 9.97. The van der Waals surface area contributed by atoms with Crippen LogP contribution in [0.4, 0.5) is 0 Å². The SMILES string of the molecule is CC1CCC(CN)(C(=O)N2CCCC(CC(=O)O)C2)CC1. The van der Waals surface area contributed by atoms with Crippen LogP contribution in [0.5, 0.6) is 0 Å². The third kappa shape index (κ3) is 3.76. The van der Waals surface area contributed by atoms with Crippen molar-refractivity contribution in [3.05, 3.63) is 0 Å². The molecule has 0 aromatic carbocycles. The van der Waals surface area contributed by atoms with Crippen molar-refractivity contribution in [3.63, 3.8) is 0 Å². The molecule has 0 radical (unpaired) electrons. The van der Waals surface area contributed by atoms with Gasteiger partial charge in [0.1, 0.15) is 0 Å². The van der Waals surface area contributed by atoms with E-state index in [9.17, 15) is 9.59 Å². The number of aliphatic carboxylic acids is 1. The summed E-state index contributed by atoms with van der Waals surface area (Å²) in [4.78, 5) is 25.7. The third-order valence-electron chi connectivity index (χ3n) is 5.35. The number of hydrogen-bond acceptors (Lipinski definition) is 3. The second-order valence-electron chi connectivity index (χ2n) is 7.02. The van der Waals surface area contributed by atoms with Gasteiger partial charge in [-0.2, -0.15) is 0 Å². The Labute approximate surface area is 126 Å².